The first-order valence-electron chi connectivity index (χ1n) is 13.1. The SMILES string of the molecule is CN(C)[C@@H]1C(=O)C(C(N)=O)=C(O)[C@@]2(O)C(=O)C3=C(O)c4c(O)c(NC(=O)CN5CCC(F)(F)C5)cc(F)c4C[C@H]3C[C@@H]12. The minimum absolute atomic E-state index is 0.0513. The molecule has 4 aliphatic rings. The summed E-state index contributed by atoms with van der Waals surface area (Å²) in [6.07, 6.45) is -0.923. The number of aliphatic hydroxyl groups is 3. The fourth-order valence-corrected chi connectivity index (χ4v) is 6.70. The normalized spacial score (nSPS) is 29.0. The summed E-state index contributed by atoms with van der Waals surface area (Å²) >= 11 is 0. The molecule has 2 amide bonds. The van der Waals surface area contributed by atoms with E-state index >= 15 is 4.39 Å². The summed E-state index contributed by atoms with van der Waals surface area (Å²) in [6.45, 7) is -1.18. The van der Waals surface area contributed by atoms with Gasteiger partial charge in [-0.2, -0.15) is 0 Å². The van der Waals surface area contributed by atoms with Gasteiger partial charge in [0.2, 0.25) is 11.7 Å². The molecule has 0 radical (unpaired) electrons. The lowest BCUT2D eigenvalue weighted by molar-refractivity contribution is -0.153. The Hall–Kier alpha value is -3.95. The summed E-state index contributed by atoms with van der Waals surface area (Å²) in [4.78, 5) is 54.0. The number of amides is 2. The van der Waals surface area contributed by atoms with Crippen molar-refractivity contribution in [3.63, 3.8) is 0 Å². The molecule has 1 aromatic rings. The number of anilines is 1. The first-order chi connectivity index (χ1) is 19.5. The van der Waals surface area contributed by atoms with E-state index in [1.807, 2.05) is 0 Å². The van der Waals surface area contributed by atoms with Crippen LogP contribution in [0.2, 0.25) is 0 Å². The van der Waals surface area contributed by atoms with Crippen molar-refractivity contribution in [3.05, 3.63) is 39.9 Å². The maximum absolute atomic E-state index is 15.4. The van der Waals surface area contributed by atoms with Gasteiger partial charge in [-0.25, -0.2) is 13.2 Å². The first kappa shape index (κ1) is 29.5. The zero-order chi connectivity index (χ0) is 31.0. The lowest BCUT2D eigenvalue weighted by Gasteiger charge is -2.50. The van der Waals surface area contributed by atoms with Gasteiger partial charge in [-0.05, 0) is 32.9 Å². The molecule has 15 heteroatoms. The molecular weight excluding hydrogens is 565 g/mol. The number of carbonyl (C=O) groups is 4. The number of nitrogens with zero attached hydrogens (tertiary/aromatic N) is 2. The third kappa shape index (κ3) is 4.34. The average Bonchev–Trinajstić information content (AvgIpc) is 3.21. The number of likely N-dealkylation sites (tertiary alicyclic amines) is 1. The standard InChI is InChI=1S/C27H29F3N4O8/c1-33(2)19-12-6-10-5-11-13(28)7-14(32-15(35)8-34-4-3-26(29,30)9-34)20(36)17(11)21(37)16(10)23(39)27(12,42)24(40)18(22(19)38)25(31)41/h7,10,12,19,36-37,40,42H,3-6,8-9H2,1-2H3,(H2,31,41)(H,32,35)/t10-,12-,19-,27-/m0/s1. The number of primary amides is 1. The Morgan fingerprint density at radius 2 is 1.88 bits per heavy atom. The number of benzene rings is 1. The minimum atomic E-state index is -2.95. The highest BCUT2D eigenvalue weighted by molar-refractivity contribution is 6.24. The molecule has 4 atom stereocenters. The van der Waals surface area contributed by atoms with E-state index in [0.717, 1.165) is 6.07 Å². The number of carbonyl (C=O) groups excluding carboxylic acids is 4. The Bertz CT molecular complexity index is 1510. The van der Waals surface area contributed by atoms with Crippen LogP contribution in [0.15, 0.2) is 23.0 Å². The van der Waals surface area contributed by atoms with Crippen molar-refractivity contribution < 1.29 is 52.8 Å². The molecule has 42 heavy (non-hydrogen) atoms. The number of alkyl halides is 2. The third-order valence-corrected chi connectivity index (χ3v) is 8.56. The van der Waals surface area contributed by atoms with Gasteiger partial charge in [-0.3, -0.25) is 29.0 Å². The summed E-state index contributed by atoms with van der Waals surface area (Å²) in [7, 11) is 2.91. The van der Waals surface area contributed by atoms with Crippen molar-refractivity contribution in [2.75, 3.05) is 39.0 Å². The van der Waals surface area contributed by atoms with Crippen LogP contribution in [0.4, 0.5) is 18.9 Å². The van der Waals surface area contributed by atoms with Gasteiger partial charge in [0, 0.05) is 36.1 Å². The zero-order valence-electron chi connectivity index (χ0n) is 22.6. The Kier molecular flexibility index (Phi) is 6.90. The number of fused-ring (bicyclic) bond motifs is 3. The number of Topliss-reactive ketones (excluding diaryl/α,β-unsaturated/α-hetero) is 2. The molecule has 1 saturated carbocycles. The molecule has 1 aliphatic heterocycles. The summed E-state index contributed by atoms with van der Waals surface area (Å²) in [5.74, 6) is -13.6. The molecule has 5 rings (SSSR count). The fraction of sp³-hybridized carbons (Fsp3) is 0.481. The summed E-state index contributed by atoms with van der Waals surface area (Å²) < 4.78 is 42.3. The number of ketones is 2. The molecule has 3 aliphatic carbocycles. The van der Waals surface area contributed by atoms with E-state index in [9.17, 15) is 48.4 Å². The molecule has 0 bridgehead atoms. The lowest BCUT2D eigenvalue weighted by atomic mass is 9.57. The van der Waals surface area contributed by atoms with E-state index in [4.69, 9.17) is 5.73 Å². The van der Waals surface area contributed by atoms with Crippen LogP contribution in [0, 0.1) is 17.7 Å². The number of hydrogen-bond acceptors (Lipinski definition) is 10. The number of phenolic OH excluding ortho intramolecular Hbond substituents is 1. The van der Waals surface area contributed by atoms with Crippen molar-refractivity contribution in [2.24, 2.45) is 17.6 Å². The molecule has 0 aromatic heterocycles. The molecular formula is C27H29F3N4O8. The maximum Gasteiger partial charge on any atom is 0.261 e. The van der Waals surface area contributed by atoms with Crippen LogP contribution in [0.5, 0.6) is 5.75 Å². The van der Waals surface area contributed by atoms with Gasteiger partial charge in [0.1, 0.15) is 22.9 Å². The monoisotopic (exact) mass is 594 g/mol. The van der Waals surface area contributed by atoms with E-state index in [1.165, 1.54) is 23.9 Å². The molecule has 0 unspecified atom stereocenters. The van der Waals surface area contributed by atoms with Crippen LogP contribution in [0.1, 0.15) is 24.0 Å². The molecule has 226 valence electrons. The highest BCUT2D eigenvalue weighted by atomic mass is 19.3. The number of hydrogen-bond donors (Lipinski definition) is 6. The van der Waals surface area contributed by atoms with Crippen LogP contribution in [-0.4, -0.2) is 105 Å². The van der Waals surface area contributed by atoms with Crippen molar-refractivity contribution >= 4 is 34.8 Å². The highest BCUT2D eigenvalue weighted by Crippen LogP contribution is 2.53. The van der Waals surface area contributed by atoms with Gasteiger partial charge in [0.15, 0.2) is 17.1 Å². The Balaban J connectivity index is 1.56. The highest BCUT2D eigenvalue weighted by Gasteiger charge is 2.64. The quantitative estimate of drug-likeness (QED) is 0.205. The smallest absolute Gasteiger partial charge is 0.261 e. The van der Waals surface area contributed by atoms with Gasteiger partial charge in [0.25, 0.3) is 11.8 Å². The average molecular weight is 595 g/mol. The maximum atomic E-state index is 15.4. The Morgan fingerprint density at radius 1 is 1.21 bits per heavy atom. The Morgan fingerprint density at radius 3 is 2.45 bits per heavy atom. The molecule has 2 fully saturated rings. The van der Waals surface area contributed by atoms with E-state index in [0.29, 0.717) is 0 Å². The molecule has 1 heterocycles. The first-order valence-corrected chi connectivity index (χ1v) is 13.1. The number of nitrogens with two attached hydrogens (primary N) is 1. The Labute approximate surface area is 236 Å². The van der Waals surface area contributed by atoms with Crippen LogP contribution < -0.4 is 11.1 Å². The number of likely N-dealkylation sites (N-methyl/N-ethyl adjacent to an activating group) is 1. The van der Waals surface area contributed by atoms with E-state index in [2.05, 4.69) is 5.32 Å². The van der Waals surface area contributed by atoms with Crippen molar-refractivity contribution in [1.29, 1.82) is 0 Å². The van der Waals surface area contributed by atoms with Crippen LogP contribution >= 0.6 is 0 Å². The number of aromatic hydroxyl groups is 1. The van der Waals surface area contributed by atoms with Crippen LogP contribution in [-0.2, 0) is 25.6 Å². The van der Waals surface area contributed by atoms with Crippen LogP contribution in [0.3, 0.4) is 0 Å². The van der Waals surface area contributed by atoms with Gasteiger partial charge < -0.3 is 31.5 Å². The third-order valence-electron chi connectivity index (χ3n) is 8.56. The van der Waals surface area contributed by atoms with E-state index in [1.54, 1.807) is 0 Å². The topological polar surface area (TPSA) is 194 Å². The van der Waals surface area contributed by atoms with Gasteiger partial charge in [-0.1, -0.05) is 0 Å². The second-order valence-corrected chi connectivity index (χ2v) is 11.4. The summed E-state index contributed by atoms with van der Waals surface area (Å²) in [6, 6.07) is -0.487. The largest absolute Gasteiger partial charge is 0.508 e. The number of halogens is 3. The van der Waals surface area contributed by atoms with Crippen molar-refractivity contribution in [1.82, 2.24) is 9.80 Å². The summed E-state index contributed by atoms with van der Waals surface area (Å²) in [5.41, 5.74) is -0.282. The molecule has 1 saturated heterocycles. The number of nitrogens with one attached hydrogen (secondary N) is 1. The number of aliphatic hydroxyl groups excluding tert-OH is 2. The second-order valence-electron chi connectivity index (χ2n) is 11.4. The minimum Gasteiger partial charge on any atom is -0.508 e. The van der Waals surface area contributed by atoms with Gasteiger partial charge in [0.05, 0.1) is 30.4 Å². The molecule has 1 aromatic carbocycles. The van der Waals surface area contributed by atoms with E-state index < -0.39 is 118 Å². The van der Waals surface area contributed by atoms with E-state index in [-0.39, 0.29) is 24.9 Å². The zero-order valence-corrected chi connectivity index (χ0v) is 22.6. The van der Waals surface area contributed by atoms with Crippen LogP contribution in [0.25, 0.3) is 5.76 Å². The van der Waals surface area contributed by atoms with Crippen molar-refractivity contribution in [2.45, 2.75) is 36.8 Å². The number of phenols is 1. The lowest BCUT2D eigenvalue weighted by Crippen LogP contribution is -2.65. The predicted molar refractivity (Wildman–Crippen MR) is 139 cm³/mol. The van der Waals surface area contributed by atoms with Crippen molar-refractivity contribution in [3.8, 4) is 5.75 Å². The van der Waals surface area contributed by atoms with Gasteiger partial charge in [-0.15, -0.1) is 0 Å². The second kappa shape index (κ2) is 9.81. The fourth-order valence-electron chi connectivity index (χ4n) is 6.70. The van der Waals surface area contributed by atoms with Gasteiger partial charge >= 0.3 is 0 Å². The molecule has 7 N–H and O–H groups in total. The molecule has 0 spiro atoms. The number of rotatable bonds is 5. The predicted octanol–water partition coefficient (Wildman–Crippen LogP) is 0.383. The molecule has 12 nitrogen and oxygen atoms in total. The summed E-state index contributed by atoms with van der Waals surface area (Å²) in [5, 5.41) is 46.9.